The number of hydrogen-bond acceptors (Lipinski definition) is 4. The molecule has 6 heteroatoms. The number of unbranched alkanes of at least 4 members (excludes halogenated alkanes) is 1. The molecule has 0 bridgehead atoms. The number of hydrogen-bond donors (Lipinski definition) is 2. The van der Waals surface area contributed by atoms with Crippen LogP contribution < -0.4 is 5.32 Å². The van der Waals surface area contributed by atoms with Crippen LogP contribution in [-0.2, 0) is 19.1 Å². The molecule has 0 radical (unpaired) electrons. The van der Waals surface area contributed by atoms with Crippen LogP contribution in [0.25, 0.3) is 0 Å². The lowest BCUT2D eigenvalue weighted by molar-refractivity contribution is -0.146. The number of nitrogens with one attached hydrogen (secondary N) is 1. The predicted octanol–water partition coefficient (Wildman–Crippen LogP) is 0.945. The van der Waals surface area contributed by atoms with E-state index in [4.69, 9.17) is 5.11 Å². The number of carbonyl (C=O) groups is 3. The van der Waals surface area contributed by atoms with E-state index in [1.807, 2.05) is 13.8 Å². The van der Waals surface area contributed by atoms with Gasteiger partial charge in [0.2, 0.25) is 5.91 Å². The fourth-order valence-corrected chi connectivity index (χ4v) is 1.43. The van der Waals surface area contributed by atoms with Crippen LogP contribution in [0.15, 0.2) is 0 Å². The van der Waals surface area contributed by atoms with Crippen molar-refractivity contribution in [1.29, 1.82) is 0 Å². The molecular formula is C12H21NO5. The molecule has 0 aromatic rings. The summed E-state index contributed by atoms with van der Waals surface area (Å²) in [5.41, 5.74) is 0. The third-order valence-corrected chi connectivity index (χ3v) is 2.48. The third kappa shape index (κ3) is 6.88. The first-order chi connectivity index (χ1) is 8.38. The van der Waals surface area contributed by atoms with Crippen LogP contribution >= 0.6 is 0 Å². The van der Waals surface area contributed by atoms with Crippen molar-refractivity contribution >= 4 is 17.8 Å². The summed E-state index contributed by atoms with van der Waals surface area (Å²) in [4.78, 5) is 33.2. The number of aliphatic carboxylic acids is 1. The number of carbonyl (C=O) groups excluding carboxylic acids is 2. The van der Waals surface area contributed by atoms with Crippen molar-refractivity contribution in [3.05, 3.63) is 0 Å². The number of carboxylic acids is 1. The van der Waals surface area contributed by atoms with E-state index in [1.54, 1.807) is 0 Å². The minimum absolute atomic E-state index is 0.0535. The number of ether oxygens (including phenoxy) is 1. The van der Waals surface area contributed by atoms with Gasteiger partial charge in [-0.2, -0.15) is 0 Å². The molecule has 0 aromatic carbocycles. The smallest absolute Gasteiger partial charge is 0.328 e. The van der Waals surface area contributed by atoms with Crippen molar-refractivity contribution in [1.82, 2.24) is 5.32 Å². The van der Waals surface area contributed by atoms with Gasteiger partial charge in [-0.3, -0.25) is 9.59 Å². The summed E-state index contributed by atoms with van der Waals surface area (Å²) in [7, 11) is 1.27. The van der Waals surface area contributed by atoms with Gasteiger partial charge in [-0.1, -0.05) is 13.8 Å². The molecule has 0 aromatic heterocycles. The Morgan fingerprint density at radius 1 is 1.17 bits per heavy atom. The maximum atomic E-state index is 11.6. The van der Waals surface area contributed by atoms with Crippen molar-refractivity contribution in [2.24, 2.45) is 5.92 Å². The molecule has 0 saturated carbocycles. The average molecular weight is 259 g/mol. The van der Waals surface area contributed by atoms with Gasteiger partial charge < -0.3 is 15.2 Å². The van der Waals surface area contributed by atoms with Gasteiger partial charge in [-0.25, -0.2) is 4.79 Å². The van der Waals surface area contributed by atoms with Gasteiger partial charge >= 0.3 is 11.9 Å². The lowest BCUT2D eigenvalue weighted by atomic mass is 10.0. The SMILES string of the molecule is COC(=O)[C@H](NC(=O)CCCCC(=O)O)C(C)C. The van der Waals surface area contributed by atoms with Crippen LogP contribution in [0.3, 0.4) is 0 Å². The molecular weight excluding hydrogens is 238 g/mol. The molecule has 18 heavy (non-hydrogen) atoms. The van der Waals surface area contributed by atoms with Crippen LogP contribution in [-0.4, -0.2) is 36.1 Å². The highest BCUT2D eigenvalue weighted by atomic mass is 16.5. The molecule has 1 atom stereocenters. The first kappa shape index (κ1) is 16.4. The van der Waals surface area contributed by atoms with Crippen molar-refractivity contribution in [2.75, 3.05) is 7.11 Å². The van der Waals surface area contributed by atoms with E-state index in [9.17, 15) is 14.4 Å². The topological polar surface area (TPSA) is 92.7 Å². The van der Waals surface area contributed by atoms with E-state index in [0.717, 1.165) is 0 Å². The van der Waals surface area contributed by atoms with Crippen molar-refractivity contribution < 1.29 is 24.2 Å². The molecule has 1 amide bonds. The second-order valence-electron chi connectivity index (χ2n) is 4.41. The zero-order valence-corrected chi connectivity index (χ0v) is 11.1. The molecule has 0 spiro atoms. The molecule has 0 aliphatic heterocycles. The molecule has 0 rings (SSSR count). The van der Waals surface area contributed by atoms with Crippen LogP contribution in [0.4, 0.5) is 0 Å². The Kier molecular flexibility index (Phi) is 7.74. The Labute approximate surface area is 107 Å². The normalized spacial score (nSPS) is 12.0. The summed E-state index contributed by atoms with van der Waals surface area (Å²) >= 11 is 0. The Balaban J connectivity index is 4.03. The van der Waals surface area contributed by atoms with Crippen LogP contribution in [0.1, 0.15) is 39.5 Å². The minimum Gasteiger partial charge on any atom is -0.481 e. The molecule has 0 saturated heterocycles. The van der Waals surface area contributed by atoms with E-state index in [2.05, 4.69) is 10.1 Å². The summed E-state index contributed by atoms with van der Waals surface area (Å²) in [5.74, 6) is -1.65. The fourth-order valence-electron chi connectivity index (χ4n) is 1.43. The fraction of sp³-hybridized carbons (Fsp3) is 0.750. The lowest BCUT2D eigenvalue weighted by Gasteiger charge is -2.19. The van der Waals surface area contributed by atoms with E-state index in [1.165, 1.54) is 7.11 Å². The zero-order chi connectivity index (χ0) is 14.1. The Morgan fingerprint density at radius 3 is 2.17 bits per heavy atom. The maximum Gasteiger partial charge on any atom is 0.328 e. The Hall–Kier alpha value is -1.59. The largest absolute Gasteiger partial charge is 0.481 e. The highest BCUT2D eigenvalue weighted by Gasteiger charge is 2.24. The quantitative estimate of drug-likeness (QED) is 0.500. The Morgan fingerprint density at radius 2 is 1.72 bits per heavy atom. The molecule has 0 aliphatic rings. The predicted molar refractivity (Wildman–Crippen MR) is 64.9 cm³/mol. The van der Waals surface area contributed by atoms with Crippen LogP contribution in [0.2, 0.25) is 0 Å². The summed E-state index contributed by atoms with van der Waals surface area (Å²) < 4.78 is 4.60. The van der Waals surface area contributed by atoms with Crippen LogP contribution in [0, 0.1) is 5.92 Å². The molecule has 0 fully saturated rings. The number of methoxy groups -OCH3 is 1. The van der Waals surface area contributed by atoms with Gasteiger partial charge in [0.1, 0.15) is 6.04 Å². The number of amides is 1. The summed E-state index contributed by atoms with van der Waals surface area (Å²) in [6, 6.07) is -0.651. The molecule has 104 valence electrons. The second-order valence-corrected chi connectivity index (χ2v) is 4.41. The van der Waals surface area contributed by atoms with E-state index in [-0.39, 0.29) is 24.7 Å². The van der Waals surface area contributed by atoms with Crippen molar-refractivity contribution in [3.63, 3.8) is 0 Å². The first-order valence-corrected chi connectivity index (χ1v) is 5.97. The van der Waals surface area contributed by atoms with Gasteiger partial charge in [0.25, 0.3) is 0 Å². The van der Waals surface area contributed by atoms with Gasteiger partial charge in [-0.05, 0) is 18.8 Å². The zero-order valence-electron chi connectivity index (χ0n) is 11.1. The Bertz CT molecular complexity index is 301. The number of rotatable bonds is 8. The average Bonchev–Trinajstić information content (AvgIpc) is 2.30. The summed E-state index contributed by atoms with van der Waals surface area (Å²) in [6.45, 7) is 3.62. The van der Waals surface area contributed by atoms with Crippen molar-refractivity contribution in [3.8, 4) is 0 Å². The number of esters is 1. The summed E-state index contributed by atoms with van der Waals surface area (Å²) in [6.07, 6.45) is 1.21. The molecule has 6 nitrogen and oxygen atoms in total. The van der Waals surface area contributed by atoms with Gasteiger partial charge in [0.15, 0.2) is 0 Å². The van der Waals surface area contributed by atoms with E-state index >= 15 is 0 Å². The molecule has 0 unspecified atom stereocenters. The molecule has 2 N–H and O–H groups in total. The van der Waals surface area contributed by atoms with E-state index < -0.39 is 18.0 Å². The number of carboxylic acid groups (broad SMARTS) is 1. The highest BCUT2D eigenvalue weighted by molar-refractivity contribution is 5.84. The monoisotopic (exact) mass is 259 g/mol. The molecule has 0 heterocycles. The van der Waals surface area contributed by atoms with Crippen molar-refractivity contribution in [2.45, 2.75) is 45.6 Å². The van der Waals surface area contributed by atoms with Gasteiger partial charge in [-0.15, -0.1) is 0 Å². The third-order valence-electron chi connectivity index (χ3n) is 2.48. The van der Waals surface area contributed by atoms with Gasteiger partial charge in [0.05, 0.1) is 7.11 Å². The minimum atomic E-state index is -0.870. The first-order valence-electron chi connectivity index (χ1n) is 5.97. The van der Waals surface area contributed by atoms with Crippen LogP contribution in [0.5, 0.6) is 0 Å². The van der Waals surface area contributed by atoms with E-state index in [0.29, 0.717) is 12.8 Å². The van der Waals surface area contributed by atoms with Gasteiger partial charge in [0, 0.05) is 12.8 Å². The lowest BCUT2D eigenvalue weighted by Crippen LogP contribution is -2.44. The molecule has 0 aliphatic carbocycles. The maximum absolute atomic E-state index is 11.6. The second kappa shape index (κ2) is 8.49. The highest BCUT2D eigenvalue weighted by Crippen LogP contribution is 2.05. The summed E-state index contributed by atoms with van der Waals surface area (Å²) in [5, 5.41) is 11.0. The standard InChI is InChI=1S/C12H21NO5/c1-8(2)11(12(17)18-3)13-9(14)6-4-5-7-10(15)16/h8,11H,4-7H2,1-3H3,(H,13,14)(H,15,16)/t11-/m1/s1.